The molecule has 7 nitrogen and oxygen atoms in total. The van der Waals surface area contributed by atoms with Crippen LogP contribution >= 0.6 is 0 Å². The normalized spacial score (nSPS) is 13.3. The number of hydrogen-bond donors (Lipinski definition) is 0. The van der Waals surface area contributed by atoms with Gasteiger partial charge in [0.25, 0.3) is 6.33 Å². The zero-order chi connectivity index (χ0) is 43.1. The van der Waals surface area contributed by atoms with E-state index in [0.29, 0.717) is 17.2 Å². The largest absolute Gasteiger partial charge is 0.459 e. The monoisotopic (exact) mass is 832 g/mol. The summed E-state index contributed by atoms with van der Waals surface area (Å²) in [5.41, 5.74) is 14.0. The Labute approximate surface area is 373 Å². The van der Waals surface area contributed by atoms with Crippen molar-refractivity contribution in [1.82, 2.24) is 18.5 Å². The number of benzene rings is 8. The number of para-hydroxylation sites is 3. The number of ether oxygens (including phenoxy) is 1. The van der Waals surface area contributed by atoms with Gasteiger partial charge in [-0.1, -0.05) is 105 Å². The molecule has 0 saturated carbocycles. The Morgan fingerprint density at radius 3 is 2.29 bits per heavy atom. The van der Waals surface area contributed by atoms with Crippen LogP contribution in [0.1, 0.15) is 25.0 Å². The second kappa shape index (κ2) is 12.9. The lowest BCUT2D eigenvalue weighted by Crippen LogP contribution is -2.29. The Morgan fingerprint density at radius 2 is 1.40 bits per heavy atom. The molecular weight excluding hydrogens is 797 g/mol. The summed E-state index contributed by atoms with van der Waals surface area (Å²) in [6.07, 6.45) is 5.70. The summed E-state index contributed by atoms with van der Waals surface area (Å²) in [6.45, 7) is 12.9. The highest BCUT2D eigenvalue weighted by Crippen LogP contribution is 2.46. The summed E-state index contributed by atoms with van der Waals surface area (Å²) in [6, 6.07) is 62.2. The van der Waals surface area contributed by atoms with E-state index < -0.39 is 5.41 Å². The van der Waals surface area contributed by atoms with Crippen LogP contribution in [-0.4, -0.2) is 18.5 Å². The average Bonchev–Trinajstić information content (AvgIpc) is 4.09. The Kier molecular flexibility index (Phi) is 7.12. The molecule has 65 heavy (non-hydrogen) atoms. The van der Waals surface area contributed by atoms with Crippen molar-refractivity contribution in [3.63, 3.8) is 0 Å². The second-order valence-corrected chi connectivity index (χ2v) is 17.7. The second-order valence-electron chi connectivity index (χ2n) is 17.7. The maximum Gasteiger partial charge on any atom is 0.269 e. The van der Waals surface area contributed by atoms with Gasteiger partial charge >= 0.3 is 0 Å². The molecule has 0 radical (unpaired) electrons. The molecule has 14 rings (SSSR count). The zero-order valence-corrected chi connectivity index (χ0v) is 35.4. The van der Waals surface area contributed by atoms with E-state index in [1.165, 1.54) is 43.7 Å². The Bertz CT molecular complexity index is 4200. The summed E-state index contributed by atoms with van der Waals surface area (Å²) in [4.78, 5) is 9.04. The first kappa shape index (κ1) is 35.8. The van der Waals surface area contributed by atoms with Gasteiger partial charge in [-0.05, 0) is 101 Å². The minimum absolute atomic E-state index is 0.446. The van der Waals surface area contributed by atoms with E-state index >= 15 is 0 Å². The lowest BCUT2D eigenvalue weighted by molar-refractivity contribution is -0.572. The molecule has 0 fully saturated rings. The van der Waals surface area contributed by atoms with Gasteiger partial charge in [0.2, 0.25) is 0 Å². The first-order valence-corrected chi connectivity index (χ1v) is 21.9. The van der Waals surface area contributed by atoms with E-state index in [2.05, 4.69) is 190 Å². The quantitative estimate of drug-likeness (QED) is 0.122. The summed E-state index contributed by atoms with van der Waals surface area (Å²) < 4.78 is 15.7. The highest BCUT2D eigenvalue weighted by atomic mass is 16.5. The van der Waals surface area contributed by atoms with Crippen molar-refractivity contribution in [2.75, 3.05) is 0 Å². The lowest BCUT2D eigenvalue weighted by atomic mass is 9.76. The molecule has 7 heteroatoms. The third-order valence-electron chi connectivity index (χ3n) is 13.8. The number of fused-ring (bicyclic) bond motifs is 21. The molecule has 0 atom stereocenters. The van der Waals surface area contributed by atoms with Crippen molar-refractivity contribution in [3.8, 4) is 39.8 Å². The molecule has 304 valence electrons. The van der Waals surface area contributed by atoms with Crippen molar-refractivity contribution < 1.29 is 9.30 Å². The Morgan fingerprint density at radius 1 is 0.600 bits per heavy atom. The first-order chi connectivity index (χ1) is 31.9. The molecule has 0 spiro atoms. The minimum atomic E-state index is -0.446. The molecule has 1 aliphatic heterocycles. The fraction of sp³-hybridized carbons (Fsp3) is 0.0517. The van der Waals surface area contributed by atoms with Crippen molar-refractivity contribution in [1.29, 1.82) is 0 Å². The van der Waals surface area contributed by atoms with E-state index in [4.69, 9.17) is 16.3 Å². The standard InChI is InChI=1S/C58H36N6O/c1-58(2)37-24-25-60-55(27-37)63-50-23-20-36(35-12-5-4-6-13-35)26-45(50)44-22-21-41(33-54(44)63)65-42-29-38(59-3)28-39(30-42)61-34-62(52-18-10-9-17-51(52)61)40-31-46-43-14-7-8-16-49(43)64-53-19-11-15-48(58)56(53)47(32-40)57(46)64/h4-33H,1-2H3. The molecule has 0 N–H and O–H groups in total. The van der Waals surface area contributed by atoms with Crippen LogP contribution in [0.15, 0.2) is 182 Å². The molecule has 1 aliphatic rings. The number of imidazole rings is 1. The predicted octanol–water partition coefficient (Wildman–Crippen LogP) is 14.0. The third kappa shape index (κ3) is 4.99. The molecule has 6 heterocycles. The van der Waals surface area contributed by atoms with Crippen LogP contribution in [0.3, 0.4) is 0 Å². The van der Waals surface area contributed by atoms with E-state index in [1.54, 1.807) is 0 Å². The van der Waals surface area contributed by atoms with Gasteiger partial charge in [0.15, 0.2) is 5.69 Å². The minimum Gasteiger partial charge on any atom is -0.459 e. The highest BCUT2D eigenvalue weighted by molar-refractivity contribution is 6.24. The Balaban J connectivity index is 1.12. The van der Waals surface area contributed by atoms with Gasteiger partial charge in [0, 0.05) is 50.0 Å². The van der Waals surface area contributed by atoms with Crippen molar-refractivity contribution >= 4 is 76.6 Å². The molecule has 8 aromatic carbocycles. The van der Waals surface area contributed by atoms with E-state index in [0.717, 1.165) is 66.7 Å². The van der Waals surface area contributed by atoms with Gasteiger partial charge in [0.1, 0.15) is 17.3 Å². The predicted molar refractivity (Wildman–Crippen MR) is 261 cm³/mol. The van der Waals surface area contributed by atoms with Crippen LogP contribution < -0.4 is 9.30 Å². The molecule has 13 aromatic rings. The molecular formula is C58H36N6O. The topological polar surface area (TPSA) is 44.6 Å². The first-order valence-electron chi connectivity index (χ1n) is 21.9. The maximum atomic E-state index is 8.17. The molecule has 10 bridgehead atoms. The van der Waals surface area contributed by atoms with Gasteiger partial charge < -0.3 is 9.14 Å². The number of pyridine rings is 1. The Hall–Kier alpha value is -8.73. The molecule has 0 amide bonds. The number of nitrogens with zero attached hydrogens (tertiary/aromatic N) is 6. The van der Waals surface area contributed by atoms with Crippen molar-refractivity contribution in [2.24, 2.45) is 0 Å². The van der Waals surface area contributed by atoms with Gasteiger partial charge in [-0.2, -0.15) is 0 Å². The van der Waals surface area contributed by atoms with E-state index in [-0.39, 0.29) is 0 Å². The van der Waals surface area contributed by atoms with Crippen LogP contribution in [0.5, 0.6) is 11.5 Å². The van der Waals surface area contributed by atoms with Crippen molar-refractivity contribution in [3.05, 3.63) is 211 Å². The number of rotatable bonds is 1. The van der Waals surface area contributed by atoms with E-state index in [9.17, 15) is 0 Å². The molecule has 0 saturated heterocycles. The van der Waals surface area contributed by atoms with Crippen LogP contribution in [-0.2, 0) is 5.41 Å². The number of aromatic nitrogens is 5. The van der Waals surface area contributed by atoms with Crippen LogP contribution in [0.25, 0.3) is 104 Å². The smallest absolute Gasteiger partial charge is 0.269 e. The molecule has 5 aromatic heterocycles. The highest BCUT2D eigenvalue weighted by Gasteiger charge is 2.30. The summed E-state index contributed by atoms with van der Waals surface area (Å²) in [7, 11) is 0. The summed E-state index contributed by atoms with van der Waals surface area (Å²) in [5, 5.41) is 7.01. The summed E-state index contributed by atoms with van der Waals surface area (Å²) >= 11 is 0. The molecule has 0 aliphatic carbocycles. The van der Waals surface area contributed by atoms with Gasteiger partial charge in [-0.15, -0.1) is 0 Å². The van der Waals surface area contributed by atoms with E-state index in [1.807, 2.05) is 35.0 Å². The number of hydrogen-bond acceptors (Lipinski definition) is 2. The van der Waals surface area contributed by atoms with Crippen molar-refractivity contribution in [2.45, 2.75) is 19.3 Å². The molecule has 0 unspecified atom stereocenters. The van der Waals surface area contributed by atoms with Gasteiger partial charge in [0.05, 0.1) is 56.6 Å². The van der Waals surface area contributed by atoms with Gasteiger partial charge in [-0.3, -0.25) is 13.7 Å². The fourth-order valence-corrected chi connectivity index (χ4v) is 10.8. The summed E-state index contributed by atoms with van der Waals surface area (Å²) in [5.74, 6) is 2.03. The SMILES string of the molecule is [C-]#[N+]c1cc2cc(c1)-n1[c-][n+](c3ccccc31)-c1cc3c4ccccc4n4c5cccc(c5c(c1)c34)C(C)(C)c1ccnc(c1)-n1c3ccc(-c4ccccc4)cc3c3ccc(cc31)O2. The van der Waals surface area contributed by atoms with Gasteiger partial charge in [-0.25, -0.2) is 9.83 Å². The fourth-order valence-electron chi connectivity index (χ4n) is 10.8. The van der Waals surface area contributed by atoms with Crippen LogP contribution in [0.2, 0.25) is 0 Å². The maximum absolute atomic E-state index is 8.17. The van der Waals surface area contributed by atoms with Crippen LogP contribution in [0.4, 0.5) is 5.69 Å². The lowest BCUT2D eigenvalue weighted by Gasteiger charge is -2.28. The van der Waals surface area contributed by atoms with Crippen LogP contribution in [0, 0.1) is 12.9 Å². The average molecular weight is 833 g/mol. The zero-order valence-electron chi connectivity index (χ0n) is 35.4. The third-order valence-corrected chi connectivity index (χ3v) is 13.8.